The summed E-state index contributed by atoms with van der Waals surface area (Å²) in [5, 5.41) is 0. The number of rotatable bonds is 2. The van der Waals surface area contributed by atoms with E-state index in [1.165, 1.54) is 6.92 Å². The zero-order chi connectivity index (χ0) is 15.0. The molecule has 2 saturated heterocycles. The van der Waals surface area contributed by atoms with Gasteiger partial charge in [0.05, 0.1) is 0 Å². The van der Waals surface area contributed by atoms with Crippen molar-refractivity contribution in [1.82, 2.24) is 9.80 Å². The third-order valence-corrected chi connectivity index (χ3v) is 4.59. The second kappa shape index (κ2) is 5.27. The Hall–Kier alpha value is -1.24. The number of nitrogens with zero attached hydrogens (tertiary/aromatic N) is 2. The van der Waals surface area contributed by atoms with Crippen molar-refractivity contribution >= 4 is 11.8 Å². The van der Waals surface area contributed by atoms with Crippen molar-refractivity contribution in [2.24, 2.45) is 5.73 Å². The molecule has 2 heterocycles. The van der Waals surface area contributed by atoms with E-state index in [0.29, 0.717) is 25.9 Å². The number of carbonyl (C=O) groups excluding carboxylic acids is 2. The molecule has 2 N–H and O–H groups in total. The van der Waals surface area contributed by atoms with E-state index in [0.717, 1.165) is 0 Å². The fourth-order valence-electron chi connectivity index (χ4n) is 3.17. The highest BCUT2D eigenvalue weighted by atomic mass is 19.3. The van der Waals surface area contributed by atoms with Crippen molar-refractivity contribution in [2.45, 2.75) is 44.1 Å². The summed E-state index contributed by atoms with van der Waals surface area (Å²) in [7, 11) is 0. The second-order valence-electron chi connectivity index (χ2n) is 5.74. The minimum absolute atomic E-state index is 0.0340. The normalized spacial score (nSPS) is 26.2. The van der Waals surface area contributed by atoms with E-state index in [-0.39, 0.29) is 31.8 Å². The van der Waals surface area contributed by atoms with Crippen LogP contribution in [0.15, 0.2) is 0 Å². The van der Waals surface area contributed by atoms with E-state index in [2.05, 4.69) is 0 Å². The van der Waals surface area contributed by atoms with Crippen molar-refractivity contribution < 1.29 is 18.4 Å². The van der Waals surface area contributed by atoms with Gasteiger partial charge >= 0.3 is 0 Å². The zero-order valence-electron chi connectivity index (χ0n) is 11.7. The second-order valence-corrected chi connectivity index (χ2v) is 5.74. The molecule has 0 bridgehead atoms. The summed E-state index contributed by atoms with van der Waals surface area (Å²) in [5.74, 6) is -3.14. The maximum Gasteiger partial charge on any atom is 0.250 e. The van der Waals surface area contributed by atoms with E-state index < -0.39 is 17.4 Å². The number of likely N-dealkylation sites (tertiary alicyclic amines) is 2. The van der Waals surface area contributed by atoms with Gasteiger partial charge in [0.25, 0.3) is 5.92 Å². The van der Waals surface area contributed by atoms with Crippen LogP contribution in [0.4, 0.5) is 8.78 Å². The summed E-state index contributed by atoms with van der Waals surface area (Å²) < 4.78 is 26.5. The van der Waals surface area contributed by atoms with Crippen molar-refractivity contribution in [3.8, 4) is 0 Å². The van der Waals surface area contributed by atoms with Gasteiger partial charge in [0.1, 0.15) is 5.54 Å². The summed E-state index contributed by atoms with van der Waals surface area (Å²) >= 11 is 0. The first-order valence-corrected chi connectivity index (χ1v) is 6.95. The first kappa shape index (κ1) is 15.2. The molecule has 114 valence electrons. The van der Waals surface area contributed by atoms with Gasteiger partial charge in [-0.1, -0.05) is 0 Å². The zero-order valence-corrected chi connectivity index (χ0v) is 11.7. The molecule has 2 aliphatic heterocycles. The number of nitrogens with two attached hydrogens (primary N) is 1. The molecule has 0 aliphatic carbocycles. The largest absolute Gasteiger partial charge is 0.368 e. The Bertz CT molecular complexity index is 396. The predicted octanol–water partition coefficient (Wildman–Crippen LogP) is 0.584. The van der Waals surface area contributed by atoms with E-state index in [1.54, 1.807) is 9.80 Å². The first-order valence-electron chi connectivity index (χ1n) is 6.95. The average molecular weight is 289 g/mol. The smallest absolute Gasteiger partial charge is 0.250 e. The van der Waals surface area contributed by atoms with Gasteiger partial charge in [0.2, 0.25) is 11.8 Å². The number of hydrogen-bond acceptors (Lipinski definition) is 3. The summed E-state index contributed by atoms with van der Waals surface area (Å²) in [6, 6.07) is 0. The Morgan fingerprint density at radius 2 is 1.50 bits per heavy atom. The number of piperidine rings is 2. The van der Waals surface area contributed by atoms with E-state index in [4.69, 9.17) is 5.73 Å². The molecule has 0 aromatic heterocycles. The predicted molar refractivity (Wildman–Crippen MR) is 69.2 cm³/mol. The van der Waals surface area contributed by atoms with Crippen molar-refractivity contribution in [3.63, 3.8) is 0 Å². The van der Waals surface area contributed by atoms with Gasteiger partial charge in [-0.3, -0.25) is 14.5 Å². The lowest BCUT2D eigenvalue weighted by atomic mass is 9.83. The van der Waals surface area contributed by atoms with Gasteiger partial charge in [-0.2, -0.15) is 0 Å². The third kappa shape index (κ3) is 2.77. The van der Waals surface area contributed by atoms with Crippen LogP contribution < -0.4 is 5.73 Å². The lowest BCUT2D eigenvalue weighted by molar-refractivity contribution is -0.145. The molecule has 5 nitrogen and oxygen atoms in total. The third-order valence-electron chi connectivity index (χ3n) is 4.59. The van der Waals surface area contributed by atoms with E-state index in [1.807, 2.05) is 0 Å². The van der Waals surface area contributed by atoms with Crippen LogP contribution >= 0.6 is 0 Å². The molecule has 2 aliphatic rings. The Morgan fingerprint density at radius 3 is 1.90 bits per heavy atom. The lowest BCUT2D eigenvalue weighted by Gasteiger charge is -2.48. The van der Waals surface area contributed by atoms with Crippen LogP contribution in [0.3, 0.4) is 0 Å². The Labute approximate surface area is 117 Å². The molecule has 0 aromatic carbocycles. The maximum atomic E-state index is 13.2. The fraction of sp³-hybridized carbons (Fsp3) is 0.846. The molecular weight excluding hydrogens is 268 g/mol. The van der Waals surface area contributed by atoms with Gasteiger partial charge in [0.15, 0.2) is 0 Å². The van der Waals surface area contributed by atoms with Crippen LogP contribution in [-0.2, 0) is 9.59 Å². The number of halogens is 2. The lowest BCUT2D eigenvalue weighted by Crippen LogP contribution is -2.64. The van der Waals surface area contributed by atoms with E-state index >= 15 is 0 Å². The highest BCUT2D eigenvalue weighted by Crippen LogP contribution is 2.35. The van der Waals surface area contributed by atoms with Crippen LogP contribution in [0.25, 0.3) is 0 Å². The van der Waals surface area contributed by atoms with Crippen LogP contribution in [0.2, 0.25) is 0 Å². The molecule has 0 unspecified atom stereocenters. The summed E-state index contributed by atoms with van der Waals surface area (Å²) in [6.45, 7) is 2.74. The van der Waals surface area contributed by atoms with Gasteiger partial charge in [-0.15, -0.1) is 0 Å². The van der Waals surface area contributed by atoms with E-state index in [9.17, 15) is 18.4 Å². The molecule has 0 saturated carbocycles. The van der Waals surface area contributed by atoms with Gasteiger partial charge in [0, 0.05) is 45.9 Å². The number of alkyl halides is 2. The Balaban J connectivity index is 2.09. The minimum atomic E-state index is -2.64. The van der Waals surface area contributed by atoms with Crippen molar-refractivity contribution in [1.29, 1.82) is 0 Å². The number of primary amides is 1. The highest BCUT2D eigenvalue weighted by Gasteiger charge is 2.48. The molecule has 0 aromatic rings. The Kier molecular flexibility index (Phi) is 4.00. The quantitative estimate of drug-likeness (QED) is 0.809. The van der Waals surface area contributed by atoms with Crippen molar-refractivity contribution in [3.05, 3.63) is 0 Å². The average Bonchev–Trinajstić information content (AvgIpc) is 2.38. The summed E-state index contributed by atoms with van der Waals surface area (Å²) in [6.07, 6.45) is 0.373. The summed E-state index contributed by atoms with van der Waals surface area (Å²) in [5.41, 5.74) is 4.68. The first-order chi connectivity index (χ1) is 9.27. The molecular formula is C13H21F2N3O2. The molecule has 2 rings (SSSR count). The maximum absolute atomic E-state index is 13.2. The van der Waals surface area contributed by atoms with Gasteiger partial charge in [-0.05, 0) is 12.8 Å². The minimum Gasteiger partial charge on any atom is -0.368 e. The van der Waals surface area contributed by atoms with Crippen LogP contribution in [0.1, 0.15) is 32.6 Å². The van der Waals surface area contributed by atoms with Gasteiger partial charge in [-0.25, -0.2) is 8.78 Å². The molecule has 0 atom stereocenters. The van der Waals surface area contributed by atoms with Crippen molar-refractivity contribution in [2.75, 3.05) is 26.2 Å². The monoisotopic (exact) mass is 289 g/mol. The molecule has 2 amide bonds. The molecule has 0 spiro atoms. The highest BCUT2D eigenvalue weighted by molar-refractivity contribution is 5.85. The Morgan fingerprint density at radius 1 is 1.00 bits per heavy atom. The van der Waals surface area contributed by atoms with Crippen LogP contribution in [-0.4, -0.2) is 59.3 Å². The number of carbonyl (C=O) groups is 2. The van der Waals surface area contributed by atoms with Gasteiger partial charge < -0.3 is 10.6 Å². The summed E-state index contributed by atoms with van der Waals surface area (Å²) in [4.78, 5) is 26.7. The SMILES string of the molecule is CC(=O)N1CCC(C(N)=O)(N2CCC(F)(F)CC2)CC1. The fourth-order valence-corrected chi connectivity index (χ4v) is 3.17. The number of hydrogen-bond donors (Lipinski definition) is 1. The van der Waals surface area contributed by atoms with Crippen LogP contribution in [0, 0.1) is 0 Å². The number of amides is 2. The molecule has 20 heavy (non-hydrogen) atoms. The molecule has 7 heteroatoms. The topological polar surface area (TPSA) is 66.6 Å². The van der Waals surface area contributed by atoms with Crippen LogP contribution in [0.5, 0.6) is 0 Å². The standard InChI is InChI=1S/C13H21F2N3O2/c1-10(19)17-6-2-12(3-7-17,11(16)20)18-8-4-13(14,15)5-9-18/h2-9H2,1H3,(H2,16,20). The molecule has 2 fully saturated rings. The molecule has 0 radical (unpaired) electrons.